The lowest BCUT2D eigenvalue weighted by Crippen LogP contribution is -2.62. The highest BCUT2D eigenvalue weighted by molar-refractivity contribution is 7.89. The zero-order valence-corrected chi connectivity index (χ0v) is 17.4. The number of sulfonamides is 1. The van der Waals surface area contributed by atoms with Crippen molar-refractivity contribution in [3.63, 3.8) is 0 Å². The van der Waals surface area contributed by atoms with Gasteiger partial charge in [-0.15, -0.1) is 11.3 Å². The molecule has 2 aliphatic heterocycles. The lowest BCUT2D eigenvalue weighted by Gasteiger charge is -2.48. The van der Waals surface area contributed by atoms with Gasteiger partial charge in [0.15, 0.2) is 5.58 Å². The van der Waals surface area contributed by atoms with Crippen molar-refractivity contribution in [1.82, 2.24) is 14.9 Å². The number of nitrogens with two attached hydrogens (primary N) is 1. The predicted molar refractivity (Wildman–Crippen MR) is 110 cm³/mol. The molecule has 10 nitrogen and oxygen atoms in total. The van der Waals surface area contributed by atoms with Gasteiger partial charge in [-0.1, -0.05) is 0 Å². The first-order valence-electron chi connectivity index (χ1n) is 9.45. The standard InChI is InChI=1S/C18H19N5O5S2/c19-30(26,27)12-6-13(16-20-4-5-29-16)15-14(7-12)21-17(28-15)22-8-10-2-1-3-11(9-22)23(10)18(24)25/h4-7,10-11H,1-3,8-9H2,(H,24,25)(H2,19,26,27). The second-order valence-corrected chi connectivity index (χ2v) is 9.99. The van der Waals surface area contributed by atoms with Gasteiger partial charge >= 0.3 is 6.09 Å². The molecule has 3 N–H and O–H groups in total. The number of oxazole rings is 1. The van der Waals surface area contributed by atoms with Gasteiger partial charge in [0.2, 0.25) is 10.0 Å². The number of carbonyl (C=O) groups is 1. The van der Waals surface area contributed by atoms with Crippen molar-refractivity contribution in [2.45, 2.75) is 36.2 Å². The van der Waals surface area contributed by atoms with Crippen LogP contribution in [-0.2, 0) is 10.0 Å². The van der Waals surface area contributed by atoms with Gasteiger partial charge in [0.25, 0.3) is 6.01 Å². The highest BCUT2D eigenvalue weighted by atomic mass is 32.2. The Morgan fingerprint density at radius 2 is 2.00 bits per heavy atom. The van der Waals surface area contributed by atoms with E-state index in [9.17, 15) is 18.3 Å². The summed E-state index contributed by atoms with van der Waals surface area (Å²) in [7, 11) is -3.94. The quantitative estimate of drug-likeness (QED) is 0.620. The highest BCUT2D eigenvalue weighted by Gasteiger charge is 2.41. The number of hydrogen-bond donors (Lipinski definition) is 2. The lowest BCUT2D eigenvalue weighted by atomic mass is 9.92. The number of anilines is 1. The molecule has 158 valence electrons. The summed E-state index contributed by atoms with van der Waals surface area (Å²) in [6, 6.07) is 2.94. The summed E-state index contributed by atoms with van der Waals surface area (Å²) in [6.45, 7) is 0.953. The van der Waals surface area contributed by atoms with Gasteiger partial charge in [-0.05, 0) is 31.4 Å². The van der Waals surface area contributed by atoms with E-state index in [0.717, 1.165) is 19.3 Å². The number of carboxylic acid groups (broad SMARTS) is 1. The number of amides is 1. The summed E-state index contributed by atoms with van der Waals surface area (Å²) in [5.74, 6) is 0. The molecule has 5 rings (SSSR count). The van der Waals surface area contributed by atoms with Crippen molar-refractivity contribution in [2.24, 2.45) is 5.14 Å². The van der Waals surface area contributed by atoms with E-state index in [1.165, 1.54) is 23.5 Å². The minimum Gasteiger partial charge on any atom is -0.465 e. The predicted octanol–water partition coefficient (Wildman–Crippen LogP) is 2.32. The first-order chi connectivity index (χ1) is 14.3. The number of hydrogen-bond acceptors (Lipinski definition) is 8. The maximum absolute atomic E-state index is 12.0. The fraction of sp³-hybridized carbons (Fsp3) is 0.389. The smallest absolute Gasteiger partial charge is 0.407 e. The average molecular weight is 450 g/mol. The number of primary sulfonamides is 1. The number of thiazole rings is 1. The van der Waals surface area contributed by atoms with Gasteiger partial charge < -0.3 is 14.4 Å². The molecule has 30 heavy (non-hydrogen) atoms. The Morgan fingerprint density at radius 3 is 2.60 bits per heavy atom. The Balaban J connectivity index is 1.59. The number of benzene rings is 1. The van der Waals surface area contributed by atoms with E-state index in [1.54, 1.807) is 16.5 Å². The van der Waals surface area contributed by atoms with Crippen molar-refractivity contribution >= 4 is 44.6 Å². The number of piperazine rings is 1. The molecule has 1 amide bonds. The summed E-state index contributed by atoms with van der Waals surface area (Å²) in [5, 5.41) is 17.3. The summed E-state index contributed by atoms with van der Waals surface area (Å²) in [5.41, 5.74) is 1.31. The SMILES string of the molecule is NS(=O)(=O)c1cc(-c2nccs2)c2oc(N3CC4CCCC(C3)N4C(=O)O)nc2c1. The van der Waals surface area contributed by atoms with Crippen molar-refractivity contribution in [1.29, 1.82) is 0 Å². The molecule has 2 atom stereocenters. The van der Waals surface area contributed by atoms with Crippen LogP contribution in [0.3, 0.4) is 0 Å². The van der Waals surface area contributed by atoms with Crippen molar-refractivity contribution in [3.8, 4) is 10.6 Å². The Morgan fingerprint density at radius 1 is 1.27 bits per heavy atom. The Kier molecular flexibility index (Phi) is 4.45. The molecule has 12 heteroatoms. The zero-order valence-electron chi connectivity index (χ0n) is 15.8. The van der Waals surface area contributed by atoms with Gasteiger partial charge in [0.05, 0.1) is 22.5 Å². The van der Waals surface area contributed by atoms with Crippen LogP contribution in [0.2, 0.25) is 0 Å². The Labute approximate surface area is 176 Å². The third kappa shape index (κ3) is 3.20. The van der Waals surface area contributed by atoms with E-state index < -0.39 is 16.1 Å². The van der Waals surface area contributed by atoms with Crippen LogP contribution in [-0.4, -0.2) is 59.7 Å². The number of aromatic nitrogens is 2. The molecule has 2 saturated heterocycles. The van der Waals surface area contributed by atoms with Crippen LogP contribution in [0.15, 0.2) is 33.0 Å². The first kappa shape index (κ1) is 19.3. The monoisotopic (exact) mass is 449 g/mol. The summed E-state index contributed by atoms with van der Waals surface area (Å²) in [6.07, 6.45) is 3.30. The molecule has 2 fully saturated rings. The molecule has 3 aromatic rings. The minimum absolute atomic E-state index is 0.0624. The van der Waals surface area contributed by atoms with Gasteiger partial charge in [0, 0.05) is 24.7 Å². The molecular weight excluding hydrogens is 430 g/mol. The van der Waals surface area contributed by atoms with E-state index in [0.29, 0.717) is 40.8 Å². The second kappa shape index (κ2) is 6.93. The molecule has 1 aromatic carbocycles. The van der Waals surface area contributed by atoms with E-state index >= 15 is 0 Å². The molecule has 2 bridgehead atoms. The van der Waals surface area contributed by atoms with Crippen molar-refractivity contribution in [2.75, 3.05) is 18.0 Å². The molecule has 0 aliphatic carbocycles. The van der Waals surface area contributed by atoms with Crippen LogP contribution in [0, 0.1) is 0 Å². The number of fused-ring (bicyclic) bond motifs is 3. The number of nitrogens with zero attached hydrogens (tertiary/aromatic N) is 4. The molecule has 0 saturated carbocycles. The fourth-order valence-corrected chi connectivity index (χ4v) is 5.59. The van der Waals surface area contributed by atoms with Crippen LogP contribution in [0.5, 0.6) is 0 Å². The Hall–Kier alpha value is -2.70. The molecule has 0 spiro atoms. The molecule has 2 aliphatic rings. The first-order valence-corrected chi connectivity index (χ1v) is 11.9. The normalized spacial score (nSPS) is 21.9. The molecular formula is C18H19N5O5S2. The van der Waals surface area contributed by atoms with E-state index in [4.69, 9.17) is 9.56 Å². The van der Waals surface area contributed by atoms with Crippen LogP contribution >= 0.6 is 11.3 Å². The van der Waals surface area contributed by atoms with E-state index in [1.807, 2.05) is 4.90 Å². The number of piperidine rings is 1. The maximum Gasteiger partial charge on any atom is 0.407 e. The van der Waals surface area contributed by atoms with E-state index in [2.05, 4.69) is 9.97 Å². The summed E-state index contributed by atoms with van der Waals surface area (Å²) >= 11 is 1.35. The van der Waals surface area contributed by atoms with Crippen molar-refractivity contribution < 1.29 is 22.7 Å². The van der Waals surface area contributed by atoms with Gasteiger partial charge in [0.1, 0.15) is 10.5 Å². The van der Waals surface area contributed by atoms with Gasteiger partial charge in [-0.25, -0.2) is 23.3 Å². The summed E-state index contributed by atoms with van der Waals surface area (Å²) in [4.78, 5) is 23.9. The fourth-order valence-electron chi connectivity index (χ4n) is 4.39. The molecule has 0 radical (unpaired) electrons. The molecule has 4 heterocycles. The van der Waals surface area contributed by atoms with Crippen LogP contribution in [0.25, 0.3) is 21.7 Å². The lowest BCUT2D eigenvalue weighted by molar-refractivity contribution is 0.0593. The molecule has 2 unspecified atom stereocenters. The molecule has 2 aromatic heterocycles. The average Bonchev–Trinajstić information content (AvgIpc) is 3.35. The third-order valence-corrected chi connectivity index (χ3v) is 7.36. The van der Waals surface area contributed by atoms with E-state index in [-0.39, 0.29) is 17.0 Å². The van der Waals surface area contributed by atoms with Gasteiger partial charge in [-0.2, -0.15) is 4.98 Å². The number of rotatable bonds is 3. The second-order valence-electron chi connectivity index (χ2n) is 7.53. The highest BCUT2D eigenvalue weighted by Crippen LogP contribution is 2.37. The van der Waals surface area contributed by atoms with Crippen LogP contribution in [0.1, 0.15) is 19.3 Å². The third-order valence-electron chi connectivity index (χ3n) is 5.66. The van der Waals surface area contributed by atoms with Gasteiger partial charge in [-0.3, -0.25) is 4.90 Å². The summed E-state index contributed by atoms with van der Waals surface area (Å²) < 4.78 is 30.0. The Bertz CT molecular complexity index is 1210. The topological polar surface area (TPSA) is 143 Å². The maximum atomic E-state index is 12.0. The van der Waals surface area contributed by atoms with Crippen LogP contribution < -0.4 is 10.0 Å². The minimum atomic E-state index is -3.94. The van der Waals surface area contributed by atoms with Crippen LogP contribution in [0.4, 0.5) is 10.8 Å². The van der Waals surface area contributed by atoms with Crippen molar-refractivity contribution in [3.05, 3.63) is 23.7 Å². The largest absolute Gasteiger partial charge is 0.465 e. The zero-order chi connectivity index (χ0) is 21.0.